The number of carbonyl (C=O) groups excluding carboxylic acids is 1. The van der Waals surface area contributed by atoms with Crippen molar-refractivity contribution in [2.75, 3.05) is 29.9 Å². The number of nitrogens with one attached hydrogen (secondary N) is 1. The molecule has 148 valence electrons. The first-order chi connectivity index (χ1) is 13.5. The number of aryl methyl sites for hydroxylation is 1. The first-order valence-corrected chi connectivity index (χ1v) is 10.2. The van der Waals surface area contributed by atoms with Gasteiger partial charge < -0.3 is 10.2 Å². The van der Waals surface area contributed by atoms with E-state index < -0.39 is 0 Å². The normalized spacial score (nSPS) is 22.6. The second-order valence-electron chi connectivity index (χ2n) is 8.08. The fourth-order valence-electron chi connectivity index (χ4n) is 4.53. The Morgan fingerprint density at radius 2 is 1.89 bits per heavy atom. The second kappa shape index (κ2) is 7.92. The molecule has 2 aliphatic rings. The minimum Gasteiger partial charge on any atom is -0.370 e. The zero-order chi connectivity index (χ0) is 19.7. The van der Waals surface area contributed by atoms with E-state index in [0.29, 0.717) is 17.6 Å². The monoisotopic (exact) mass is 381 g/mol. The van der Waals surface area contributed by atoms with Crippen LogP contribution in [0, 0.1) is 12.7 Å². The number of amides is 1. The summed E-state index contributed by atoms with van der Waals surface area (Å²) in [5, 5.41) is 2.93. The van der Waals surface area contributed by atoms with Crippen molar-refractivity contribution in [2.45, 2.75) is 45.2 Å². The quantitative estimate of drug-likeness (QED) is 0.850. The van der Waals surface area contributed by atoms with Crippen LogP contribution in [0.25, 0.3) is 0 Å². The molecule has 2 aromatic rings. The summed E-state index contributed by atoms with van der Waals surface area (Å²) in [7, 11) is 0. The molecular formula is C23H28FN3O. The number of likely N-dealkylation sites (tertiary alicyclic amines) is 1. The number of hydrogen-bond donors (Lipinski definition) is 1. The Morgan fingerprint density at radius 1 is 1.11 bits per heavy atom. The van der Waals surface area contributed by atoms with Crippen molar-refractivity contribution in [2.24, 2.45) is 0 Å². The number of halogens is 1. The highest BCUT2D eigenvalue weighted by atomic mass is 19.1. The van der Waals surface area contributed by atoms with E-state index >= 15 is 0 Å². The molecule has 2 saturated heterocycles. The Kier molecular flexibility index (Phi) is 5.36. The molecule has 2 aliphatic heterocycles. The lowest BCUT2D eigenvalue weighted by atomic mass is 10.1. The van der Waals surface area contributed by atoms with Crippen molar-refractivity contribution in [1.29, 1.82) is 0 Å². The Morgan fingerprint density at radius 3 is 2.57 bits per heavy atom. The van der Waals surface area contributed by atoms with Gasteiger partial charge in [-0.05, 0) is 87.7 Å². The smallest absolute Gasteiger partial charge is 0.255 e. The van der Waals surface area contributed by atoms with Crippen molar-refractivity contribution < 1.29 is 9.18 Å². The highest BCUT2D eigenvalue weighted by Crippen LogP contribution is 2.30. The van der Waals surface area contributed by atoms with Crippen molar-refractivity contribution >= 4 is 17.3 Å². The van der Waals surface area contributed by atoms with Gasteiger partial charge in [-0.1, -0.05) is 0 Å². The maximum absolute atomic E-state index is 13.0. The maximum atomic E-state index is 13.0. The molecule has 0 spiro atoms. The average Bonchev–Trinajstić information content (AvgIpc) is 3.32. The van der Waals surface area contributed by atoms with E-state index in [2.05, 4.69) is 34.2 Å². The van der Waals surface area contributed by atoms with Crippen LogP contribution in [0.15, 0.2) is 42.5 Å². The van der Waals surface area contributed by atoms with E-state index in [1.807, 2.05) is 13.0 Å². The second-order valence-corrected chi connectivity index (χ2v) is 8.08. The Bertz CT molecular complexity index is 851. The molecule has 0 radical (unpaired) electrons. The van der Waals surface area contributed by atoms with Crippen molar-refractivity contribution in [3.05, 3.63) is 59.4 Å². The maximum Gasteiger partial charge on any atom is 0.255 e. The number of carbonyl (C=O) groups is 1. The molecule has 0 saturated carbocycles. The minimum atomic E-state index is -0.343. The molecule has 1 N–H and O–H groups in total. The molecule has 4 nitrogen and oxygen atoms in total. The van der Waals surface area contributed by atoms with E-state index in [9.17, 15) is 9.18 Å². The third-order valence-electron chi connectivity index (χ3n) is 6.17. The van der Waals surface area contributed by atoms with Crippen LogP contribution >= 0.6 is 0 Å². The lowest BCUT2D eigenvalue weighted by Crippen LogP contribution is -2.39. The van der Waals surface area contributed by atoms with Gasteiger partial charge in [-0.2, -0.15) is 0 Å². The van der Waals surface area contributed by atoms with Gasteiger partial charge in [0.05, 0.1) is 0 Å². The van der Waals surface area contributed by atoms with Crippen LogP contribution in [0.5, 0.6) is 0 Å². The zero-order valence-corrected chi connectivity index (χ0v) is 16.6. The summed E-state index contributed by atoms with van der Waals surface area (Å²) in [4.78, 5) is 17.5. The van der Waals surface area contributed by atoms with Gasteiger partial charge in [0, 0.05) is 42.1 Å². The Balaban J connectivity index is 1.42. The van der Waals surface area contributed by atoms with Gasteiger partial charge in [0.25, 0.3) is 5.91 Å². The third-order valence-corrected chi connectivity index (χ3v) is 6.17. The number of rotatable bonds is 4. The summed E-state index contributed by atoms with van der Waals surface area (Å²) in [6, 6.07) is 13.2. The van der Waals surface area contributed by atoms with E-state index in [1.54, 1.807) is 0 Å². The van der Waals surface area contributed by atoms with Crippen molar-refractivity contribution in [3.8, 4) is 0 Å². The summed E-state index contributed by atoms with van der Waals surface area (Å²) in [6.07, 6.45) is 3.85. The first kappa shape index (κ1) is 18.9. The third kappa shape index (κ3) is 3.90. The summed E-state index contributed by atoms with van der Waals surface area (Å²) in [5.74, 6) is -0.565. The van der Waals surface area contributed by atoms with E-state index in [0.717, 1.165) is 24.3 Å². The Hall–Kier alpha value is -2.40. The number of nitrogens with zero attached hydrogens (tertiary/aromatic N) is 2. The van der Waals surface area contributed by atoms with Gasteiger partial charge >= 0.3 is 0 Å². The number of benzene rings is 2. The molecule has 2 unspecified atom stereocenters. The minimum absolute atomic E-state index is 0.222. The summed E-state index contributed by atoms with van der Waals surface area (Å²) in [6.45, 7) is 7.74. The van der Waals surface area contributed by atoms with Crippen LogP contribution in [0.3, 0.4) is 0 Å². The predicted octanol–water partition coefficient (Wildman–Crippen LogP) is 4.45. The van der Waals surface area contributed by atoms with Crippen LogP contribution in [0.4, 0.5) is 15.8 Å². The summed E-state index contributed by atoms with van der Waals surface area (Å²) in [5.41, 5.74) is 3.49. The molecule has 4 rings (SSSR count). The van der Waals surface area contributed by atoms with Gasteiger partial charge in [0.1, 0.15) is 5.82 Å². The molecule has 2 atom stereocenters. The van der Waals surface area contributed by atoms with Gasteiger partial charge in [-0.25, -0.2) is 4.39 Å². The first-order valence-electron chi connectivity index (χ1n) is 10.2. The molecule has 2 aromatic carbocycles. The number of hydrogen-bond acceptors (Lipinski definition) is 3. The molecule has 1 amide bonds. The van der Waals surface area contributed by atoms with Gasteiger partial charge in [-0.15, -0.1) is 0 Å². The van der Waals surface area contributed by atoms with Crippen LogP contribution in [-0.4, -0.2) is 42.5 Å². The standard InChI is InChI=1S/C23H28FN3O/c1-16-14-20(26-13-11-21(15-26)27-12-3-4-17(27)2)9-10-22(16)25-23(28)18-5-7-19(24)8-6-18/h5-10,14,17,21H,3-4,11-13,15H2,1-2H3,(H,25,28). The van der Waals surface area contributed by atoms with Crippen molar-refractivity contribution in [1.82, 2.24) is 4.90 Å². The molecular weight excluding hydrogens is 353 g/mol. The Labute approximate surface area is 166 Å². The molecule has 2 heterocycles. The zero-order valence-electron chi connectivity index (χ0n) is 16.6. The van der Waals surface area contributed by atoms with Gasteiger partial charge in [-0.3, -0.25) is 9.69 Å². The van der Waals surface area contributed by atoms with E-state index in [1.165, 1.54) is 55.8 Å². The molecule has 0 aliphatic carbocycles. The average molecular weight is 381 g/mol. The lowest BCUT2D eigenvalue weighted by molar-refractivity contribution is 0.102. The molecule has 0 bridgehead atoms. The van der Waals surface area contributed by atoms with Gasteiger partial charge in [0.15, 0.2) is 0 Å². The van der Waals surface area contributed by atoms with Crippen LogP contribution in [-0.2, 0) is 0 Å². The summed E-state index contributed by atoms with van der Waals surface area (Å²) < 4.78 is 13.0. The van der Waals surface area contributed by atoms with Crippen LogP contribution in [0.2, 0.25) is 0 Å². The fourth-order valence-corrected chi connectivity index (χ4v) is 4.53. The van der Waals surface area contributed by atoms with E-state index in [4.69, 9.17) is 0 Å². The predicted molar refractivity (Wildman–Crippen MR) is 112 cm³/mol. The van der Waals surface area contributed by atoms with Crippen LogP contribution in [0.1, 0.15) is 42.1 Å². The molecule has 0 aromatic heterocycles. The molecule has 5 heteroatoms. The van der Waals surface area contributed by atoms with Crippen molar-refractivity contribution in [3.63, 3.8) is 0 Å². The summed E-state index contributed by atoms with van der Waals surface area (Å²) >= 11 is 0. The SMILES string of the molecule is Cc1cc(N2CCC(N3CCCC3C)C2)ccc1NC(=O)c1ccc(F)cc1. The topological polar surface area (TPSA) is 35.6 Å². The number of anilines is 2. The lowest BCUT2D eigenvalue weighted by Gasteiger charge is -2.28. The fraction of sp³-hybridized carbons (Fsp3) is 0.435. The van der Waals surface area contributed by atoms with Crippen LogP contribution < -0.4 is 10.2 Å². The highest BCUT2D eigenvalue weighted by Gasteiger charge is 2.32. The largest absolute Gasteiger partial charge is 0.370 e. The van der Waals surface area contributed by atoms with Gasteiger partial charge in [0.2, 0.25) is 0 Å². The molecule has 28 heavy (non-hydrogen) atoms. The van der Waals surface area contributed by atoms with E-state index in [-0.39, 0.29) is 11.7 Å². The molecule has 2 fully saturated rings. The highest BCUT2D eigenvalue weighted by molar-refractivity contribution is 6.04.